The number of rotatable bonds is 4. The van der Waals surface area contributed by atoms with Gasteiger partial charge in [0.2, 0.25) is 0 Å². The molecule has 10 atom stereocenters. The van der Waals surface area contributed by atoms with E-state index in [-0.39, 0.29) is 16.7 Å². The van der Waals surface area contributed by atoms with Gasteiger partial charge in [0.05, 0.1) is 12.2 Å². The van der Waals surface area contributed by atoms with Gasteiger partial charge in [-0.05, 0) is 111 Å². The van der Waals surface area contributed by atoms with E-state index >= 15 is 0 Å². The van der Waals surface area contributed by atoms with Gasteiger partial charge in [0.1, 0.15) is 5.78 Å². The van der Waals surface area contributed by atoms with Crippen LogP contribution in [-0.4, -0.2) is 28.2 Å². The van der Waals surface area contributed by atoms with Gasteiger partial charge in [-0.3, -0.25) is 4.79 Å². The van der Waals surface area contributed by atoms with Gasteiger partial charge in [0.15, 0.2) is 0 Å². The molecule has 0 aliphatic heterocycles. The van der Waals surface area contributed by atoms with Crippen molar-refractivity contribution >= 4 is 5.78 Å². The van der Waals surface area contributed by atoms with E-state index in [2.05, 4.69) is 34.6 Å². The second kappa shape index (κ2) is 7.19. The summed E-state index contributed by atoms with van der Waals surface area (Å²) in [4.78, 5) is 12.8. The van der Waals surface area contributed by atoms with E-state index in [0.29, 0.717) is 33.9 Å². The van der Waals surface area contributed by atoms with Crippen molar-refractivity contribution in [3.05, 3.63) is 11.6 Å². The van der Waals surface area contributed by atoms with Gasteiger partial charge in [0.25, 0.3) is 0 Å². The summed E-state index contributed by atoms with van der Waals surface area (Å²) in [5.41, 5.74) is 2.30. The molecule has 0 aromatic rings. The topological polar surface area (TPSA) is 57.5 Å². The second-order valence-electron chi connectivity index (χ2n) is 14.4. The lowest BCUT2D eigenvalue weighted by Crippen LogP contribution is -2.57. The normalized spacial score (nSPS) is 50.2. The number of allylic oxidation sites excluding steroid dienone is 1. The molecule has 2 N–H and O–H groups in total. The molecule has 0 radical (unpaired) electrons. The number of fused-ring (bicyclic) bond motifs is 2. The Morgan fingerprint density at radius 1 is 0.909 bits per heavy atom. The largest absolute Gasteiger partial charge is 0.390 e. The summed E-state index contributed by atoms with van der Waals surface area (Å²) in [6.07, 6.45) is 11.1. The number of carbonyl (C=O) groups excluding carboxylic acids is 1. The SMILES string of the molecule is CC(C)=C[C@@H](O)[C@@H](O)[C@@H](C)[C@H]1CC[C@@]2(C)[C@@H]3CC[C@H]4C(C)(C)C(=O)CC[C@@]45C[C@@]35CC[C@]12C. The highest BCUT2D eigenvalue weighted by Gasteiger charge is 2.82. The lowest BCUT2D eigenvalue weighted by atomic mass is 9.42. The first-order chi connectivity index (χ1) is 15.3. The molecule has 3 heteroatoms. The van der Waals surface area contributed by atoms with Gasteiger partial charge in [-0.15, -0.1) is 0 Å². The van der Waals surface area contributed by atoms with E-state index in [9.17, 15) is 15.0 Å². The summed E-state index contributed by atoms with van der Waals surface area (Å²) >= 11 is 0. The predicted molar refractivity (Wildman–Crippen MR) is 132 cm³/mol. The number of carbonyl (C=O) groups is 1. The Morgan fingerprint density at radius 3 is 2.21 bits per heavy atom. The molecule has 3 nitrogen and oxygen atoms in total. The van der Waals surface area contributed by atoms with E-state index in [1.165, 1.54) is 44.9 Å². The van der Waals surface area contributed by atoms with E-state index < -0.39 is 12.2 Å². The minimum atomic E-state index is -0.778. The standard InChI is InChI=1S/C30H48O3/c1-18(2)16-21(31)25(33)19(3)20-10-12-28(7)23-9-8-22-26(4,5)24(32)11-13-29(22)17-30(23,29)15-14-27(20,28)6/h16,19-23,25,31,33H,8-15,17H2,1-7H3/t19-,20+,21+,22-,23-,25-,27+,28-,29+,30-/m0/s1. The van der Waals surface area contributed by atoms with Crippen LogP contribution in [0.15, 0.2) is 11.6 Å². The number of hydrogen-bond acceptors (Lipinski definition) is 3. The summed E-state index contributed by atoms with van der Waals surface area (Å²) in [5, 5.41) is 21.7. The van der Waals surface area contributed by atoms with Crippen LogP contribution in [0, 0.1) is 50.7 Å². The Bertz CT molecular complexity index is 870. The van der Waals surface area contributed by atoms with Gasteiger partial charge in [-0.2, -0.15) is 0 Å². The quantitative estimate of drug-likeness (QED) is 0.487. The predicted octanol–water partition coefficient (Wildman–Crippen LogP) is 6.32. The first-order valence-corrected chi connectivity index (χ1v) is 13.8. The molecule has 2 spiro atoms. The third kappa shape index (κ3) is 2.85. The van der Waals surface area contributed by atoms with Crippen LogP contribution < -0.4 is 0 Å². The van der Waals surface area contributed by atoms with E-state index in [1.807, 2.05) is 19.9 Å². The molecule has 5 aliphatic carbocycles. The summed E-state index contributed by atoms with van der Waals surface area (Å²) in [5.74, 6) is 2.37. The Balaban J connectivity index is 1.43. The minimum absolute atomic E-state index is 0.0900. The van der Waals surface area contributed by atoms with Crippen LogP contribution >= 0.6 is 0 Å². The Labute approximate surface area is 201 Å². The maximum atomic E-state index is 12.8. The number of aliphatic hydroxyl groups is 2. The van der Waals surface area contributed by atoms with E-state index in [0.717, 1.165) is 24.3 Å². The van der Waals surface area contributed by atoms with Gasteiger partial charge < -0.3 is 10.2 Å². The summed E-state index contributed by atoms with van der Waals surface area (Å²) in [6, 6.07) is 0. The molecule has 5 aliphatic rings. The number of aliphatic hydroxyl groups excluding tert-OH is 2. The van der Waals surface area contributed by atoms with Crippen LogP contribution in [0.5, 0.6) is 0 Å². The third-order valence-corrected chi connectivity index (χ3v) is 12.9. The number of hydrogen-bond donors (Lipinski definition) is 2. The molecular formula is C30H48O3. The highest BCUT2D eigenvalue weighted by molar-refractivity contribution is 5.86. The number of Topliss-reactive ketones (excluding diaryl/α,β-unsaturated/α-hetero) is 1. The molecule has 0 bridgehead atoms. The third-order valence-electron chi connectivity index (χ3n) is 12.9. The fourth-order valence-corrected chi connectivity index (χ4v) is 11.0. The zero-order valence-electron chi connectivity index (χ0n) is 22.2. The molecule has 0 amide bonds. The van der Waals surface area contributed by atoms with Crippen molar-refractivity contribution < 1.29 is 15.0 Å². The fraction of sp³-hybridized carbons (Fsp3) is 0.900. The van der Waals surface area contributed by atoms with Crippen molar-refractivity contribution in [3.8, 4) is 0 Å². The molecule has 0 unspecified atom stereocenters. The zero-order chi connectivity index (χ0) is 24.2. The highest BCUT2D eigenvalue weighted by atomic mass is 16.3. The lowest BCUT2D eigenvalue weighted by Gasteiger charge is -2.62. The van der Waals surface area contributed by atoms with E-state index in [4.69, 9.17) is 0 Å². The first-order valence-electron chi connectivity index (χ1n) is 13.8. The van der Waals surface area contributed by atoms with Crippen molar-refractivity contribution in [1.82, 2.24) is 0 Å². The van der Waals surface area contributed by atoms with Crippen molar-refractivity contribution in [2.75, 3.05) is 0 Å². The molecule has 186 valence electrons. The molecule has 0 saturated heterocycles. The van der Waals surface area contributed by atoms with Gasteiger partial charge in [-0.1, -0.05) is 46.3 Å². The molecule has 33 heavy (non-hydrogen) atoms. The summed E-state index contributed by atoms with van der Waals surface area (Å²) < 4.78 is 0. The van der Waals surface area contributed by atoms with Crippen molar-refractivity contribution in [1.29, 1.82) is 0 Å². The fourth-order valence-electron chi connectivity index (χ4n) is 11.0. The zero-order valence-corrected chi connectivity index (χ0v) is 22.2. The van der Waals surface area contributed by atoms with Crippen LogP contribution in [0.3, 0.4) is 0 Å². The molecule has 5 rings (SSSR count). The summed E-state index contributed by atoms with van der Waals surface area (Å²) in [6.45, 7) is 15.8. The highest BCUT2D eigenvalue weighted by Crippen LogP contribution is 2.88. The molecule has 0 aromatic carbocycles. The van der Waals surface area contributed by atoms with Crippen LogP contribution in [0.2, 0.25) is 0 Å². The van der Waals surface area contributed by atoms with Crippen molar-refractivity contribution in [3.63, 3.8) is 0 Å². The van der Waals surface area contributed by atoms with Crippen LogP contribution in [0.4, 0.5) is 0 Å². The maximum absolute atomic E-state index is 12.8. The molecule has 0 heterocycles. The Morgan fingerprint density at radius 2 is 1.55 bits per heavy atom. The van der Waals surface area contributed by atoms with E-state index in [1.54, 1.807) is 0 Å². The van der Waals surface area contributed by atoms with Gasteiger partial charge in [-0.25, -0.2) is 0 Å². The first kappa shape index (κ1) is 24.0. The van der Waals surface area contributed by atoms with Crippen LogP contribution in [0.1, 0.15) is 106 Å². The van der Waals surface area contributed by atoms with Crippen LogP contribution in [0.25, 0.3) is 0 Å². The molecular weight excluding hydrogens is 408 g/mol. The van der Waals surface area contributed by atoms with Gasteiger partial charge >= 0.3 is 0 Å². The average molecular weight is 457 g/mol. The monoisotopic (exact) mass is 456 g/mol. The smallest absolute Gasteiger partial charge is 0.138 e. The average Bonchev–Trinajstić information content (AvgIpc) is 3.32. The molecule has 5 saturated carbocycles. The Kier molecular flexibility index (Phi) is 5.24. The molecule has 5 fully saturated rings. The second-order valence-corrected chi connectivity index (χ2v) is 14.4. The van der Waals surface area contributed by atoms with Crippen molar-refractivity contribution in [2.24, 2.45) is 50.7 Å². The van der Waals surface area contributed by atoms with Crippen molar-refractivity contribution in [2.45, 2.75) is 118 Å². The van der Waals surface area contributed by atoms with Gasteiger partial charge in [0, 0.05) is 11.8 Å². The maximum Gasteiger partial charge on any atom is 0.138 e. The molecule has 0 aromatic heterocycles. The summed E-state index contributed by atoms with van der Waals surface area (Å²) in [7, 11) is 0. The van der Waals surface area contributed by atoms with Crippen LogP contribution in [-0.2, 0) is 4.79 Å². The number of ketones is 1. The lowest BCUT2D eigenvalue weighted by molar-refractivity contribution is -0.159. The Hall–Kier alpha value is -0.670. The minimum Gasteiger partial charge on any atom is -0.390 e.